The van der Waals surface area contributed by atoms with Gasteiger partial charge in [0.15, 0.2) is 0 Å². The molecular weight excluding hydrogens is 110 g/mol. The zero-order valence-corrected chi connectivity index (χ0v) is 4.07. The maximum atomic E-state index is 9.96. The van der Waals surface area contributed by atoms with Gasteiger partial charge in [-0.1, -0.05) is 0 Å². The van der Waals surface area contributed by atoms with Crippen molar-refractivity contribution in [2.75, 3.05) is 6.54 Å². The van der Waals surface area contributed by atoms with Crippen molar-refractivity contribution in [3.63, 3.8) is 0 Å². The average Bonchev–Trinajstić information content (AvgIpc) is 2.12. The highest BCUT2D eigenvalue weighted by Crippen LogP contribution is 1.99. The van der Waals surface area contributed by atoms with E-state index in [0.717, 1.165) is 5.06 Å². The van der Waals surface area contributed by atoms with E-state index in [1.54, 1.807) is 6.08 Å². The fourth-order valence-corrected chi connectivity index (χ4v) is 0.421. The van der Waals surface area contributed by atoms with E-state index in [9.17, 15) is 4.79 Å². The summed E-state index contributed by atoms with van der Waals surface area (Å²) in [5.74, 6) is 0. The fourth-order valence-electron chi connectivity index (χ4n) is 0.421. The maximum Gasteiger partial charge on any atom is 0.441 e. The summed E-state index contributed by atoms with van der Waals surface area (Å²) in [5.41, 5.74) is 0. The number of hydrogen-bond acceptors (Lipinski definition) is 2. The molecule has 0 unspecified atom stereocenters. The summed E-state index contributed by atoms with van der Waals surface area (Å²) in [5, 5.41) is 9.01. The molecule has 1 N–H and O–H groups in total. The number of carbonyl (C=O) groups is 1. The van der Waals surface area contributed by atoms with Crippen LogP contribution in [0.1, 0.15) is 0 Å². The smallest absolute Gasteiger partial charge is 0.441 e. The van der Waals surface area contributed by atoms with Gasteiger partial charge in [0.05, 0.1) is 6.54 Å². The minimum atomic E-state index is -1.06. The number of carboxylic acid groups (broad SMARTS) is 1. The summed E-state index contributed by atoms with van der Waals surface area (Å²) in [4.78, 5) is 14.4. The number of rotatable bonds is 0. The Bertz CT molecular complexity index is 123. The Kier molecular flexibility index (Phi) is 1.07. The van der Waals surface area contributed by atoms with E-state index in [-0.39, 0.29) is 0 Å². The standard InChI is InChI=1S/C4H5NO3/c6-4(7)5-2-1-3-8-5/h1,3H,2H2,(H,6,7). The first kappa shape index (κ1) is 4.96. The normalized spacial score (nSPS) is 16.2. The molecule has 0 radical (unpaired) electrons. The molecule has 1 amide bonds. The monoisotopic (exact) mass is 115 g/mol. The van der Waals surface area contributed by atoms with Crippen molar-refractivity contribution in [1.82, 2.24) is 5.06 Å². The van der Waals surface area contributed by atoms with E-state index >= 15 is 0 Å². The molecule has 0 aromatic carbocycles. The van der Waals surface area contributed by atoms with Crippen LogP contribution in [0.2, 0.25) is 0 Å². The van der Waals surface area contributed by atoms with Gasteiger partial charge in [-0.2, -0.15) is 0 Å². The molecule has 0 atom stereocenters. The van der Waals surface area contributed by atoms with Gasteiger partial charge in [0.2, 0.25) is 0 Å². The topological polar surface area (TPSA) is 49.8 Å². The van der Waals surface area contributed by atoms with E-state index in [2.05, 4.69) is 4.84 Å². The van der Waals surface area contributed by atoms with Crippen molar-refractivity contribution >= 4 is 6.09 Å². The second-order valence-corrected chi connectivity index (χ2v) is 1.32. The average molecular weight is 115 g/mol. The second kappa shape index (κ2) is 1.73. The Balaban J connectivity index is 2.41. The summed E-state index contributed by atoms with van der Waals surface area (Å²) in [6, 6.07) is 0. The molecule has 0 aromatic rings. The predicted molar refractivity (Wildman–Crippen MR) is 25.0 cm³/mol. The van der Waals surface area contributed by atoms with Crippen LogP contribution >= 0.6 is 0 Å². The zero-order valence-electron chi connectivity index (χ0n) is 4.07. The predicted octanol–water partition coefficient (Wildman–Crippen LogP) is 0.425. The summed E-state index contributed by atoms with van der Waals surface area (Å²) in [7, 11) is 0. The fraction of sp³-hybridized carbons (Fsp3) is 0.250. The summed E-state index contributed by atoms with van der Waals surface area (Å²) >= 11 is 0. The molecular formula is C4H5NO3. The first-order valence-electron chi connectivity index (χ1n) is 2.13. The van der Waals surface area contributed by atoms with E-state index < -0.39 is 6.09 Å². The Morgan fingerprint density at radius 3 is 2.88 bits per heavy atom. The molecule has 1 aliphatic heterocycles. The summed E-state index contributed by atoms with van der Waals surface area (Å²) in [6.45, 7) is 0.329. The van der Waals surface area contributed by atoms with Crippen LogP contribution in [0.4, 0.5) is 4.79 Å². The lowest BCUT2D eigenvalue weighted by atomic mass is 10.6. The highest BCUT2D eigenvalue weighted by atomic mass is 16.7. The van der Waals surface area contributed by atoms with E-state index in [4.69, 9.17) is 5.11 Å². The molecule has 8 heavy (non-hydrogen) atoms. The van der Waals surface area contributed by atoms with Crippen molar-refractivity contribution in [3.8, 4) is 0 Å². The van der Waals surface area contributed by atoms with Crippen LogP contribution in [0.5, 0.6) is 0 Å². The molecule has 0 aliphatic carbocycles. The first-order valence-corrected chi connectivity index (χ1v) is 2.13. The number of hydroxylamine groups is 2. The lowest BCUT2D eigenvalue weighted by Crippen LogP contribution is -2.24. The lowest BCUT2D eigenvalue weighted by Gasteiger charge is -2.07. The van der Waals surface area contributed by atoms with Gasteiger partial charge in [-0.15, -0.1) is 5.06 Å². The van der Waals surface area contributed by atoms with Crippen LogP contribution in [0.25, 0.3) is 0 Å². The molecule has 0 fully saturated rings. The van der Waals surface area contributed by atoms with Crippen LogP contribution in [0, 0.1) is 0 Å². The number of nitrogens with zero attached hydrogens (tertiary/aromatic N) is 1. The SMILES string of the molecule is O=C(O)N1CC=CO1. The molecule has 4 heteroatoms. The lowest BCUT2D eigenvalue weighted by molar-refractivity contribution is -0.0505. The van der Waals surface area contributed by atoms with E-state index in [1.165, 1.54) is 6.26 Å². The second-order valence-electron chi connectivity index (χ2n) is 1.32. The molecule has 4 nitrogen and oxygen atoms in total. The van der Waals surface area contributed by atoms with Gasteiger partial charge >= 0.3 is 6.09 Å². The molecule has 1 heterocycles. The minimum absolute atomic E-state index is 0.329. The molecule has 0 saturated carbocycles. The third kappa shape index (κ3) is 0.726. The van der Waals surface area contributed by atoms with Crippen LogP contribution in [-0.4, -0.2) is 22.8 Å². The van der Waals surface area contributed by atoms with Gasteiger partial charge in [-0.3, -0.25) is 0 Å². The molecule has 0 spiro atoms. The van der Waals surface area contributed by atoms with Gasteiger partial charge < -0.3 is 9.94 Å². The molecule has 0 aromatic heterocycles. The van der Waals surface area contributed by atoms with Crippen molar-refractivity contribution in [3.05, 3.63) is 12.3 Å². The third-order valence-electron chi connectivity index (χ3n) is 0.769. The van der Waals surface area contributed by atoms with Crippen molar-refractivity contribution < 1.29 is 14.7 Å². The van der Waals surface area contributed by atoms with Crippen LogP contribution < -0.4 is 0 Å². The number of hydrogen-bond donors (Lipinski definition) is 1. The van der Waals surface area contributed by atoms with E-state index in [1.807, 2.05) is 0 Å². The van der Waals surface area contributed by atoms with Crippen LogP contribution in [0.15, 0.2) is 12.3 Å². The number of amides is 1. The van der Waals surface area contributed by atoms with Gasteiger partial charge in [-0.25, -0.2) is 4.79 Å². The van der Waals surface area contributed by atoms with Gasteiger partial charge in [-0.05, 0) is 6.08 Å². The van der Waals surface area contributed by atoms with E-state index in [0.29, 0.717) is 6.54 Å². The molecule has 1 aliphatic rings. The molecule has 0 bridgehead atoms. The van der Waals surface area contributed by atoms with Crippen molar-refractivity contribution in [1.29, 1.82) is 0 Å². The van der Waals surface area contributed by atoms with Gasteiger partial charge in [0, 0.05) is 0 Å². The first-order chi connectivity index (χ1) is 3.80. The van der Waals surface area contributed by atoms with Crippen LogP contribution in [0.3, 0.4) is 0 Å². The largest absolute Gasteiger partial charge is 0.463 e. The Morgan fingerprint density at radius 2 is 2.62 bits per heavy atom. The van der Waals surface area contributed by atoms with Gasteiger partial charge in [0.25, 0.3) is 0 Å². The van der Waals surface area contributed by atoms with Crippen molar-refractivity contribution in [2.24, 2.45) is 0 Å². The Labute approximate surface area is 45.9 Å². The summed E-state index contributed by atoms with van der Waals surface area (Å²) < 4.78 is 0. The Morgan fingerprint density at radius 1 is 1.88 bits per heavy atom. The summed E-state index contributed by atoms with van der Waals surface area (Å²) in [6.07, 6.45) is 1.90. The molecule has 1 rings (SSSR count). The highest BCUT2D eigenvalue weighted by Gasteiger charge is 2.12. The quantitative estimate of drug-likeness (QED) is 0.498. The highest BCUT2D eigenvalue weighted by molar-refractivity contribution is 5.64. The van der Waals surface area contributed by atoms with Crippen molar-refractivity contribution in [2.45, 2.75) is 0 Å². The Hall–Kier alpha value is -1.19. The maximum absolute atomic E-state index is 9.96. The molecule has 0 saturated heterocycles. The van der Waals surface area contributed by atoms with Gasteiger partial charge in [0.1, 0.15) is 6.26 Å². The van der Waals surface area contributed by atoms with Crippen LogP contribution in [-0.2, 0) is 4.84 Å². The minimum Gasteiger partial charge on any atom is -0.463 e. The third-order valence-corrected chi connectivity index (χ3v) is 0.769. The zero-order chi connectivity index (χ0) is 5.98. The molecule has 44 valence electrons.